The van der Waals surface area contributed by atoms with Crippen LogP contribution in [0.3, 0.4) is 0 Å². The van der Waals surface area contributed by atoms with Gasteiger partial charge in [-0.15, -0.1) is 11.3 Å². The molecule has 1 heterocycles. The van der Waals surface area contributed by atoms with Gasteiger partial charge in [0.1, 0.15) is 0 Å². The molecule has 0 radical (unpaired) electrons. The van der Waals surface area contributed by atoms with Gasteiger partial charge in [0.2, 0.25) is 0 Å². The number of rotatable bonds is 4. The first kappa shape index (κ1) is 19.7. The third-order valence-corrected chi connectivity index (χ3v) is 7.34. The molecule has 0 bridgehead atoms. The van der Waals surface area contributed by atoms with Gasteiger partial charge in [-0.2, -0.15) is 0 Å². The Balaban J connectivity index is 1.50. The van der Waals surface area contributed by atoms with Crippen molar-refractivity contribution < 1.29 is 0 Å². The average molecular weight is 440 g/mol. The topological polar surface area (TPSA) is 23.9 Å². The van der Waals surface area contributed by atoms with Crippen molar-refractivity contribution in [2.45, 2.75) is 0 Å². The van der Waals surface area contributed by atoms with Crippen molar-refractivity contribution in [1.82, 2.24) is 0 Å². The molecule has 1 aromatic heterocycles. The number of nitrogens with one attached hydrogen (secondary N) is 1. The van der Waals surface area contributed by atoms with Gasteiger partial charge in [-0.05, 0) is 57.6 Å². The number of thiophene rings is 1. The first-order valence-electron chi connectivity index (χ1n) is 11.0. The van der Waals surface area contributed by atoms with Crippen LogP contribution < -0.4 is 0 Å². The van der Waals surface area contributed by atoms with Crippen LogP contribution in [0.2, 0.25) is 0 Å². The fraction of sp³-hybridized carbons (Fsp3) is 0. The first-order valence-corrected chi connectivity index (χ1v) is 11.8. The largest absolute Gasteiger partial charge is 0.308 e. The molecule has 0 unspecified atom stereocenters. The van der Waals surface area contributed by atoms with Crippen LogP contribution in [0.15, 0.2) is 115 Å². The van der Waals surface area contributed by atoms with Crippen LogP contribution >= 0.6 is 11.3 Å². The predicted octanol–water partition coefficient (Wildman–Crippen LogP) is 9.05. The second-order valence-corrected chi connectivity index (χ2v) is 9.25. The molecular formula is C31H21NS. The minimum Gasteiger partial charge on any atom is -0.308 e. The van der Waals surface area contributed by atoms with Crippen LogP contribution in [-0.2, 0) is 0 Å². The maximum absolute atomic E-state index is 7.85. The van der Waals surface area contributed by atoms with Crippen molar-refractivity contribution in [3.63, 3.8) is 0 Å². The van der Waals surface area contributed by atoms with Gasteiger partial charge in [0, 0.05) is 32.0 Å². The molecule has 0 spiro atoms. The Morgan fingerprint density at radius 2 is 1.18 bits per heavy atom. The zero-order valence-electron chi connectivity index (χ0n) is 18.0. The molecule has 156 valence electrons. The molecule has 0 fully saturated rings. The van der Waals surface area contributed by atoms with Gasteiger partial charge in [-0.25, -0.2) is 0 Å². The molecular weight excluding hydrogens is 418 g/mol. The highest BCUT2D eigenvalue weighted by Gasteiger charge is 2.11. The van der Waals surface area contributed by atoms with Crippen molar-refractivity contribution in [2.75, 3.05) is 0 Å². The van der Waals surface area contributed by atoms with Gasteiger partial charge < -0.3 is 5.41 Å². The lowest BCUT2D eigenvalue weighted by molar-refractivity contribution is 1.56. The van der Waals surface area contributed by atoms with Gasteiger partial charge in [-0.3, -0.25) is 0 Å². The molecule has 1 nitrogen and oxygen atoms in total. The minimum absolute atomic E-state index is 0.974. The summed E-state index contributed by atoms with van der Waals surface area (Å²) >= 11 is 1.79. The Labute approximate surface area is 197 Å². The zero-order chi connectivity index (χ0) is 22.2. The average Bonchev–Trinajstić information content (AvgIpc) is 3.27. The summed E-state index contributed by atoms with van der Waals surface area (Å²) in [5, 5.41) is 10.3. The monoisotopic (exact) mass is 439 g/mol. The third kappa shape index (κ3) is 3.45. The van der Waals surface area contributed by atoms with Gasteiger partial charge in [0.05, 0.1) is 0 Å². The molecule has 0 aliphatic rings. The molecule has 0 aliphatic carbocycles. The van der Waals surface area contributed by atoms with Gasteiger partial charge >= 0.3 is 0 Å². The van der Waals surface area contributed by atoms with E-state index in [2.05, 4.69) is 103 Å². The van der Waals surface area contributed by atoms with Gasteiger partial charge in [-0.1, -0.05) is 91.0 Å². The van der Waals surface area contributed by atoms with Gasteiger partial charge in [0.25, 0.3) is 0 Å². The molecule has 33 heavy (non-hydrogen) atoms. The normalized spacial score (nSPS) is 11.2. The second-order valence-electron chi connectivity index (χ2n) is 8.17. The Morgan fingerprint density at radius 1 is 0.515 bits per heavy atom. The summed E-state index contributed by atoms with van der Waals surface area (Å²) in [5.74, 6) is 0. The Morgan fingerprint density at radius 3 is 2.00 bits per heavy atom. The summed E-state index contributed by atoms with van der Waals surface area (Å²) in [6.07, 6.45) is 1.46. The number of benzene rings is 5. The molecule has 6 rings (SSSR count). The summed E-state index contributed by atoms with van der Waals surface area (Å²) in [6.45, 7) is 0. The predicted molar refractivity (Wildman–Crippen MR) is 144 cm³/mol. The Bertz CT molecular complexity index is 1630. The Hall–Kier alpha value is -4.01. The number of fused-ring (bicyclic) bond motifs is 3. The second kappa shape index (κ2) is 8.16. The van der Waals surface area contributed by atoms with Crippen LogP contribution in [0.4, 0.5) is 0 Å². The van der Waals surface area contributed by atoms with Crippen molar-refractivity contribution in [3.05, 3.63) is 121 Å². The third-order valence-electron chi connectivity index (χ3n) is 6.20. The molecule has 1 N–H and O–H groups in total. The summed E-state index contributed by atoms with van der Waals surface area (Å²) in [6, 6.07) is 40.9. The SMILES string of the molecule is N=Cc1cccc2sc3ccc(-c4cccc(-c5ccccc5-c5ccccc5)c4)cc3c12. The van der Waals surface area contributed by atoms with E-state index in [1.807, 2.05) is 12.1 Å². The summed E-state index contributed by atoms with van der Waals surface area (Å²) in [4.78, 5) is 0. The van der Waals surface area contributed by atoms with Crippen LogP contribution in [0, 0.1) is 5.41 Å². The van der Waals surface area contributed by atoms with E-state index in [-0.39, 0.29) is 0 Å². The molecule has 6 aromatic rings. The lowest BCUT2D eigenvalue weighted by Crippen LogP contribution is -1.86. The molecule has 0 saturated carbocycles. The zero-order valence-corrected chi connectivity index (χ0v) is 18.8. The summed E-state index contributed by atoms with van der Waals surface area (Å²) < 4.78 is 2.49. The number of hydrogen-bond acceptors (Lipinski definition) is 2. The van der Waals surface area contributed by atoms with E-state index in [1.54, 1.807) is 11.3 Å². The van der Waals surface area contributed by atoms with Gasteiger partial charge in [0.15, 0.2) is 0 Å². The summed E-state index contributed by atoms with van der Waals surface area (Å²) in [7, 11) is 0. The van der Waals surface area contributed by atoms with E-state index < -0.39 is 0 Å². The molecule has 5 aromatic carbocycles. The van der Waals surface area contributed by atoms with Crippen LogP contribution in [0.25, 0.3) is 53.6 Å². The standard InChI is InChI=1S/C31H21NS/c32-20-25-12-7-15-30-31(25)28-19-23(16-17-29(28)33-30)22-10-6-11-24(18-22)27-14-5-4-13-26(27)21-8-2-1-3-9-21/h1-20,32H. The quantitative estimate of drug-likeness (QED) is 0.265. The van der Waals surface area contributed by atoms with E-state index in [0.717, 1.165) is 5.56 Å². The highest BCUT2D eigenvalue weighted by atomic mass is 32.1. The van der Waals surface area contributed by atoms with Crippen LogP contribution in [-0.4, -0.2) is 6.21 Å². The highest BCUT2D eigenvalue weighted by Crippen LogP contribution is 2.39. The van der Waals surface area contributed by atoms with Crippen LogP contribution in [0.5, 0.6) is 0 Å². The Kier molecular flexibility index (Phi) is 4.86. The minimum atomic E-state index is 0.974. The molecule has 0 atom stereocenters. The lowest BCUT2D eigenvalue weighted by atomic mass is 9.92. The van der Waals surface area contributed by atoms with Crippen molar-refractivity contribution >= 4 is 37.7 Å². The number of hydrogen-bond donors (Lipinski definition) is 1. The molecule has 2 heteroatoms. The van der Waals surface area contributed by atoms with Crippen molar-refractivity contribution in [1.29, 1.82) is 5.41 Å². The van der Waals surface area contributed by atoms with Crippen molar-refractivity contribution in [3.8, 4) is 33.4 Å². The van der Waals surface area contributed by atoms with E-state index in [9.17, 15) is 0 Å². The molecule has 0 aliphatic heterocycles. The maximum Gasteiger partial charge on any atom is 0.0361 e. The van der Waals surface area contributed by atoms with Crippen LogP contribution in [0.1, 0.15) is 5.56 Å². The lowest BCUT2D eigenvalue weighted by Gasteiger charge is -2.12. The van der Waals surface area contributed by atoms with E-state index >= 15 is 0 Å². The maximum atomic E-state index is 7.85. The molecule has 0 amide bonds. The smallest absolute Gasteiger partial charge is 0.0361 e. The van der Waals surface area contributed by atoms with E-state index in [1.165, 1.54) is 59.8 Å². The highest BCUT2D eigenvalue weighted by molar-refractivity contribution is 7.25. The fourth-order valence-corrected chi connectivity index (χ4v) is 5.75. The van der Waals surface area contributed by atoms with Crippen molar-refractivity contribution in [2.24, 2.45) is 0 Å². The fourth-order valence-electron chi connectivity index (χ4n) is 4.62. The molecule has 0 saturated heterocycles. The first-order chi connectivity index (χ1) is 16.3. The summed E-state index contributed by atoms with van der Waals surface area (Å²) in [5.41, 5.74) is 8.28. The van der Waals surface area contributed by atoms with E-state index in [4.69, 9.17) is 5.41 Å². The van der Waals surface area contributed by atoms with E-state index in [0.29, 0.717) is 0 Å².